The van der Waals surface area contributed by atoms with Gasteiger partial charge in [0.05, 0.1) is 6.20 Å². The van der Waals surface area contributed by atoms with Crippen LogP contribution in [0.3, 0.4) is 0 Å². The van der Waals surface area contributed by atoms with Gasteiger partial charge in [-0.2, -0.15) is 5.10 Å². The summed E-state index contributed by atoms with van der Waals surface area (Å²) in [7, 11) is 0. The first-order chi connectivity index (χ1) is 10.1. The summed E-state index contributed by atoms with van der Waals surface area (Å²) in [6.07, 6.45) is 3.39. The molecule has 2 heterocycles. The van der Waals surface area contributed by atoms with E-state index in [4.69, 9.17) is 0 Å². The van der Waals surface area contributed by atoms with Gasteiger partial charge in [-0.25, -0.2) is 9.50 Å². The Kier molecular flexibility index (Phi) is 3.71. The first-order valence-electron chi connectivity index (χ1n) is 6.26. The maximum Gasteiger partial charge on any atom is 0.222 e. The average Bonchev–Trinajstić information content (AvgIpc) is 2.89. The fourth-order valence-electron chi connectivity index (χ4n) is 1.92. The minimum atomic E-state index is 0.00659. The number of aryl methyl sites for hydroxylation is 1. The van der Waals surface area contributed by atoms with Gasteiger partial charge >= 0.3 is 0 Å². The zero-order valence-electron chi connectivity index (χ0n) is 11.2. The fourth-order valence-corrected chi connectivity index (χ4v) is 2.26. The highest BCUT2D eigenvalue weighted by Crippen LogP contribution is 2.13. The van der Waals surface area contributed by atoms with Crippen molar-refractivity contribution in [3.05, 3.63) is 65.1 Å². The first kappa shape index (κ1) is 13.8. The monoisotopic (exact) mass is 387 g/mol. The van der Waals surface area contributed by atoms with Crippen LogP contribution >= 0.6 is 22.6 Å². The number of imidazole rings is 1. The fraction of sp³-hybridized carbons (Fsp3) is 0.0625. The van der Waals surface area contributed by atoms with Crippen LogP contribution in [-0.2, 0) is 0 Å². The summed E-state index contributed by atoms with van der Waals surface area (Å²) < 4.78 is 1.70. The molecule has 3 rings (SSSR count). The second-order valence-electron chi connectivity index (χ2n) is 4.49. The maximum absolute atomic E-state index is 11.4. The van der Waals surface area contributed by atoms with E-state index in [1.165, 1.54) is 0 Å². The van der Waals surface area contributed by atoms with Gasteiger partial charge in [0.1, 0.15) is 5.69 Å². The topological polar surface area (TPSA) is 47.3 Å². The van der Waals surface area contributed by atoms with E-state index in [2.05, 4.69) is 21.9 Å². The van der Waals surface area contributed by atoms with Crippen molar-refractivity contribution in [2.24, 2.45) is 0 Å². The third-order valence-corrected chi connectivity index (χ3v) is 3.69. The Morgan fingerprint density at radius 3 is 2.95 bits per heavy atom. The Labute approximate surface area is 135 Å². The molecule has 0 aliphatic rings. The number of halogens is 1. The van der Waals surface area contributed by atoms with E-state index in [9.17, 15) is 4.79 Å². The average molecular weight is 387 g/mol. The second kappa shape index (κ2) is 5.66. The molecule has 0 aliphatic carbocycles. The second-order valence-corrected chi connectivity index (χ2v) is 5.47. The van der Waals surface area contributed by atoms with Crippen LogP contribution in [0.15, 0.2) is 42.7 Å². The number of benzene rings is 1. The SMILES string of the molecule is Cc1ccc(C(=O)I)cc1C#Cc1cnc2cccnn12. The van der Waals surface area contributed by atoms with E-state index in [0.717, 1.165) is 22.5 Å². The predicted octanol–water partition coefficient (Wildman–Crippen LogP) is 3.01. The Morgan fingerprint density at radius 2 is 2.14 bits per heavy atom. The number of hydrogen-bond acceptors (Lipinski definition) is 3. The van der Waals surface area contributed by atoms with Gasteiger partial charge in [-0.05, 0) is 36.6 Å². The largest absolute Gasteiger partial charge is 0.282 e. The highest BCUT2D eigenvalue weighted by molar-refractivity contribution is 14.1. The molecule has 0 bridgehead atoms. The molecule has 1 aromatic carbocycles. The molecule has 3 aromatic rings. The van der Waals surface area contributed by atoms with E-state index in [-0.39, 0.29) is 3.79 Å². The molecule has 0 fully saturated rings. The highest BCUT2D eigenvalue weighted by Gasteiger charge is 2.04. The summed E-state index contributed by atoms with van der Waals surface area (Å²) >= 11 is 1.78. The van der Waals surface area contributed by atoms with Gasteiger partial charge < -0.3 is 0 Å². The number of nitrogens with zero attached hydrogens (tertiary/aromatic N) is 3. The lowest BCUT2D eigenvalue weighted by Gasteiger charge is -2.00. The van der Waals surface area contributed by atoms with Crippen molar-refractivity contribution in [3.63, 3.8) is 0 Å². The molecule has 0 radical (unpaired) electrons. The van der Waals surface area contributed by atoms with Gasteiger partial charge in [-0.15, -0.1) is 0 Å². The van der Waals surface area contributed by atoms with Crippen molar-refractivity contribution >= 4 is 32.0 Å². The third kappa shape index (κ3) is 2.81. The maximum atomic E-state index is 11.4. The standard InChI is InChI=1S/C16H10IN3O/c1-11-4-5-13(16(17)21)9-12(11)6-7-14-10-18-15-3-2-8-19-20(14)15/h2-5,8-10H,1H3. The van der Waals surface area contributed by atoms with Crippen LogP contribution < -0.4 is 0 Å². The summed E-state index contributed by atoms with van der Waals surface area (Å²) in [5.74, 6) is 6.16. The van der Waals surface area contributed by atoms with Gasteiger partial charge in [0.2, 0.25) is 3.79 Å². The Bertz CT molecular complexity index is 903. The molecule has 0 saturated heterocycles. The lowest BCUT2D eigenvalue weighted by Crippen LogP contribution is -1.93. The number of fused-ring (bicyclic) bond motifs is 1. The van der Waals surface area contributed by atoms with Crippen molar-refractivity contribution < 1.29 is 4.79 Å². The normalized spacial score (nSPS) is 10.2. The smallest absolute Gasteiger partial charge is 0.222 e. The van der Waals surface area contributed by atoms with Gasteiger partial charge in [0, 0.05) is 39.9 Å². The van der Waals surface area contributed by atoms with Gasteiger partial charge in [-0.1, -0.05) is 18.1 Å². The summed E-state index contributed by atoms with van der Waals surface area (Å²) in [4.78, 5) is 15.7. The predicted molar refractivity (Wildman–Crippen MR) is 88.5 cm³/mol. The molecule has 5 heteroatoms. The molecule has 4 nitrogen and oxygen atoms in total. The van der Waals surface area contributed by atoms with Crippen LogP contribution in [0, 0.1) is 18.8 Å². The van der Waals surface area contributed by atoms with Crippen LogP contribution in [0.5, 0.6) is 0 Å². The summed E-state index contributed by atoms with van der Waals surface area (Å²) in [5, 5.41) is 4.22. The van der Waals surface area contributed by atoms with Gasteiger partial charge in [0.25, 0.3) is 0 Å². The summed E-state index contributed by atoms with van der Waals surface area (Å²) in [6.45, 7) is 1.97. The molecule has 0 saturated carbocycles. The minimum Gasteiger partial charge on any atom is -0.282 e. The van der Waals surface area contributed by atoms with Crippen molar-refractivity contribution in [1.82, 2.24) is 14.6 Å². The summed E-state index contributed by atoms with van der Waals surface area (Å²) in [6, 6.07) is 9.24. The zero-order valence-corrected chi connectivity index (χ0v) is 13.3. The number of carbonyl (C=O) groups excluding carboxylic acids is 1. The van der Waals surface area contributed by atoms with Gasteiger partial charge in [0.15, 0.2) is 5.65 Å². The third-order valence-electron chi connectivity index (χ3n) is 3.07. The van der Waals surface area contributed by atoms with Crippen molar-refractivity contribution in [3.8, 4) is 11.8 Å². The first-order valence-corrected chi connectivity index (χ1v) is 7.34. The Hall–Kier alpha value is -2.20. The van der Waals surface area contributed by atoms with E-state index in [1.54, 1.807) is 39.5 Å². The molecule has 0 N–H and O–H groups in total. The van der Waals surface area contributed by atoms with E-state index >= 15 is 0 Å². The van der Waals surface area contributed by atoms with Crippen LogP contribution in [0.2, 0.25) is 0 Å². The lowest BCUT2D eigenvalue weighted by atomic mass is 10.1. The van der Waals surface area contributed by atoms with E-state index in [1.807, 2.05) is 37.3 Å². The van der Waals surface area contributed by atoms with Crippen molar-refractivity contribution in [2.75, 3.05) is 0 Å². The number of rotatable bonds is 1. The lowest BCUT2D eigenvalue weighted by molar-refractivity contribution is 0.110. The molecule has 2 aromatic heterocycles. The molecule has 21 heavy (non-hydrogen) atoms. The van der Waals surface area contributed by atoms with E-state index < -0.39 is 0 Å². The van der Waals surface area contributed by atoms with Crippen LogP contribution in [0.4, 0.5) is 0 Å². The quantitative estimate of drug-likeness (QED) is 0.367. The zero-order chi connectivity index (χ0) is 14.8. The van der Waals surface area contributed by atoms with Crippen molar-refractivity contribution in [1.29, 1.82) is 0 Å². The number of aromatic nitrogens is 3. The Morgan fingerprint density at radius 1 is 1.29 bits per heavy atom. The minimum absolute atomic E-state index is 0.00659. The molecular weight excluding hydrogens is 377 g/mol. The molecular formula is C16H10IN3O. The van der Waals surface area contributed by atoms with E-state index in [0.29, 0.717) is 5.56 Å². The van der Waals surface area contributed by atoms with Crippen LogP contribution in [-0.4, -0.2) is 18.4 Å². The number of carbonyl (C=O) groups is 1. The van der Waals surface area contributed by atoms with Gasteiger partial charge in [-0.3, -0.25) is 4.79 Å². The molecule has 0 unspecified atom stereocenters. The molecule has 0 amide bonds. The molecule has 0 aliphatic heterocycles. The Balaban J connectivity index is 2.05. The molecule has 102 valence electrons. The van der Waals surface area contributed by atoms with Crippen molar-refractivity contribution in [2.45, 2.75) is 6.92 Å². The summed E-state index contributed by atoms with van der Waals surface area (Å²) in [5.41, 5.74) is 4.00. The van der Waals surface area contributed by atoms with Crippen LogP contribution in [0.25, 0.3) is 5.65 Å². The molecule has 0 atom stereocenters. The highest BCUT2D eigenvalue weighted by atomic mass is 127. The molecule has 0 spiro atoms. The van der Waals surface area contributed by atoms with Crippen LogP contribution in [0.1, 0.15) is 27.2 Å². The number of hydrogen-bond donors (Lipinski definition) is 0.